The Morgan fingerprint density at radius 2 is 1.15 bits per heavy atom. The maximum atomic E-state index is 11.2. The van der Waals surface area contributed by atoms with Crippen LogP contribution in [0.4, 0.5) is 0 Å². The summed E-state index contributed by atoms with van der Waals surface area (Å²) in [5.74, 6) is -6.16. The number of aliphatic carboxylic acids is 4. The molecule has 0 bridgehead atoms. The summed E-state index contributed by atoms with van der Waals surface area (Å²) >= 11 is 0. The number of aliphatic hydroxyl groups excluding tert-OH is 1. The van der Waals surface area contributed by atoms with Crippen molar-refractivity contribution in [3.8, 4) is 0 Å². The molecular formula is C10H16NO9+. The van der Waals surface area contributed by atoms with Gasteiger partial charge in [-0.1, -0.05) is 0 Å². The SMILES string of the molecule is O=C(O)C[N+](CC(=O)O)(CC(=O)O)C(CCO)C(=O)O. The Bertz CT molecular complexity index is 365. The van der Waals surface area contributed by atoms with Crippen molar-refractivity contribution < 1.29 is 49.2 Å². The van der Waals surface area contributed by atoms with E-state index < -0.39 is 67.1 Å². The first kappa shape index (κ1) is 17.8. The fourth-order valence-electron chi connectivity index (χ4n) is 2.06. The van der Waals surface area contributed by atoms with Crippen molar-refractivity contribution in [3.63, 3.8) is 0 Å². The van der Waals surface area contributed by atoms with Crippen LogP contribution in [0.3, 0.4) is 0 Å². The monoisotopic (exact) mass is 294 g/mol. The molecule has 10 heteroatoms. The van der Waals surface area contributed by atoms with E-state index in [4.69, 9.17) is 25.5 Å². The number of nitrogens with zero attached hydrogens (tertiary/aromatic N) is 1. The lowest BCUT2D eigenvalue weighted by Gasteiger charge is -2.38. The van der Waals surface area contributed by atoms with E-state index in [1.807, 2.05) is 0 Å². The van der Waals surface area contributed by atoms with Gasteiger partial charge in [-0.2, -0.15) is 0 Å². The summed E-state index contributed by atoms with van der Waals surface area (Å²) in [6.45, 7) is -3.61. The Labute approximate surface area is 113 Å². The van der Waals surface area contributed by atoms with Crippen molar-refractivity contribution in [3.05, 3.63) is 0 Å². The Balaban J connectivity index is 5.74. The molecule has 0 aliphatic carbocycles. The molecule has 0 aliphatic heterocycles. The van der Waals surface area contributed by atoms with Crippen LogP contribution in [-0.2, 0) is 19.2 Å². The highest BCUT2D eigenvalue weighted by molar-refractivity contribution is 5.77. The molecule has 20 heavy (non-hydrogen) atoms. The Hall–Kier alpha value is -2.20. The molecule has 0 amide bonds. The zero-order valence-corrected chi connectivity index (χ0v) is 10.4. The first-order chi connectivity index (χ1) is 9.14. The molecule has 0 saturated carbocycles. The van der Waals surface area contributed by atoms with Crippen molar-refractivity contribution >= 4 is 23.9 Å². The molecule has 0 heterocycles. The molecule has 0 rings (SSSR count). The van der Waals surface area contributed by atoms with Gasteiger partial charge in [0, 0.05) is 13.0 Å². The molecule has 1 atom stereocenters. The molecule has 1 unspecified atom stereocenters. The van der Waals surface area contributed by atoms with Gasteiger partial charge in [0.25, 0.3) is 0 Å². The molecule has 0 aromatic heterocycles. The van der Waals surface area contributed by atoms with Gasteiger partial charge in [-0.25, -0.2) is 19.2 Å². The molecule has 0 spiro atoms. The highest BCUT2D eigenvalue weighted by Gasteiger charge is 2.46. The normalized spacial score (nSPS) is 12.7. The summed E-state index contributed by atoms with van der Waals surface area (Å²) in [5.41, 5.74) is 0. The Morgan fingerprint density at radius 1 is 0.800 bits per heavy atom. The quantitative estimate of drug-likeness (QED) is 0.283. The number of quaternary nitrogens is 1. The predicted molar refractivity (Wildman–Crippen MR) is 60.9 cm³/mol. The van der Waals surface area contributed by atoms with Crippen LogP contribution in [0.15, 0.2) is 0 Å². The van der Waals surface area contributed by atoms with E-state index in [1.54, 1.807) is 0 Å². The highest BCUT2D eigenvalue weighted by atomic mass is 16.4. The van der Waals surface area contributed by atoms with Crippen molar-refractivity contribution in [2.24, 2.45) is 0 Å². The largest absolute Gasteiger partial charge is 0.477 e. The summed E-state index contributed by atoms with van der Waals surface area (Å²) in [7, 11) is 0. The Kier molecular flexibility index (Phi) is 6.59. The second-order valence-electron chi connectivity index (χ2n) is 4.24. The number of rotatable bonds is 10. The second-order valence-corrected chi connectivity index (χ2v) is 4.24. The van der Waals surface area contributed by atoms with Gasteiger partial charge in [0.1, 0.15) is 0 Å². The number of hydrogen-bond donors (Lipinski definition) is 5. The molecule has 0 aromatic rings. The van der Waals surface area contributed by atoms with Gasteiger partial charge >= 0.3 is 23.9 Å². The van der Waals surface area contributed by atoms with E-state index >= 15 is 0 Å². The van der Waals surface area contributed by atoms with E-state index in [-0.39, 0.29) is 0 Å². The highest BCUT2D eigenvalue weighted by Crippen LogP contribution is 2.18. The van der Waals surface area contributed by atoms with E-state index in [9.17, 15) is 19.2 Å². The maximum absolute atomic E-state index is 11.2. The average Bonchev–Trinajstić information content (AvgIpc) is 2.21. The first-order valence-corrected chi connectivity index (χ1v) is 5.49. The van der Waals surface area contributed by atoms with E-state index in [1.165, 1.54) is 0 Å². The molecule has 0 aromatic carbocycles. The van der Waals surface area contributed by atoms with Gasteiger partial charge in [-0.15, -0.1) is 0 Å². The summed E-state index contributed by atoms with van der Waals surface area (Å²) in [6.07, 6.45) is -0.455. The van der Waals surface area contributed by atoms with Gasteiger partial charge in [0.2, 0.25) is 0 Å². The third-order valence-corrected chi connectivity index (χ3v) is 2.70. The zero-order valence-electron chi connectivity index (χ0n) is 10.4. The molecule has 0 aliphatic rings. The van der Waals surface area contributed by atoms with Crippen LogP contribution in [0.25, 0.3) is 0 Å². The molecule has 10 nitrogen and oxygen atoms in total. The summed E-state index contributed by atoms with van der Waals surface area (Å²) in [5, 5.41) is 44.4. The van der Waals surface area contributed by atoms with Gasteiger partial charge < -0.3 is 25.5 Å². The lowest BCUT2D eigenvalue weighted by atomic mass is 10.1. The maximum Gasteiger partial charge on any atom is 0.362 e. The fourth-order valence-corrected chi connectivity index (χ4v) is 2.06. The number of aliphatic hydroxyl groups is 1. The third kappa shape index (κ3) is 5.20. The minimum Gasteiger partial charge on any atom is -0.477 e. The smallest absolute Gasteiger partial charge is 0.362 e. The minimum absolute atomic E-state index is 0.455. The second kappa shape index (κ2) is 7.40. The summed E-state index contributed by atoms with van der Waals surface area (Å²) in [4.78, 5) is 43.7. The van der Waals surface area contributed by atoms with Crippen LogP contribution in [-0.4, -0.2) is 86.2 Å². The van der Waals surface area contributed by atoms with Crippen LogP contribution in [0.2, 0.25) is 0 Å². The van der Waals surface area contributed by atoms with Crippen LogP contribution >= 0.6 is 0 Å². The van der Waals surface area contributed by atoms with Crippen molar-refractivity contribution in [2.45, 2.75) is 12.5 Å². The molecule has 5 N–H and O–H groups in total. The van der Waals surface area contributed by atoms with Crippen molar-refractivity contribution in [1.29, 1.82) is 0 Å². The van der Waals surface area contributed by atoms with Crippen molar-refractivity contribution in [1.82, 2.24) is 0 Å². The number of carbonyl (C=O) groups is 4. The van der Waals surface area contributed by atoms with Gasteiger partial charge in [0.05, 0.1) is 0 Å². The Morgan fingerprint density at radius 3 is 1.35 bits per heavy atom. The molecule has 114 valence electrons. The summed E-state index contributed by atoms with van der Waals surface area (Å²) < 4.78 is -1.21. The van der Waals surface area contributed by atoms with Gasteiger partial charge in [-0.3, -0.25) is 4.48 Å². The molecular weight excluding hydrogens is 278 g/mol. The van der Waals surface area contributed by atoms with Gasteiger partial charge in [-0.05, 0) is 0 Å². The predicted octanol–water partition coefficient (Wildman–Crippen LogP) is -2.11. The lowest BCUT2D eigenvalue weighted by molar-refractivity contribution is -0.923. The van der Waals surface area contributed by atoms with Crippen molar-refractivity contribution in [2.75, 3.05) is 26.2 Å². The van der Waals surface area contributed by atoms with E-state index in [0.29, 0.717) is 0 Å². The lowest BCUT2D eigenvalue weighted by Crippen LogP contribution is -2.64. The molecule has 0 radical (unpaired) electrons. The van der Waals surface area contributed by atoms with Gasteiger partial charge in [0.15, 0.2) is 25.7 Å². The molecule has 0 saturated heterocycles. The summed E-state index contributed by atoms with van der Waals surface area (Å²) in [6, 6.07) is -1.65. The third-order valence-electron chi connectivity index (χ3n) is 2.70. The van der Waals surface area contributed by atoms with Crippen LogP contribution in [0.5, 0.6) is 0 Å². The number of hydrogen-bond acceptors (Lipinski definition) is 5. The van der Waals surface area contributed by atoms with E-state index in [0.717, 1.165) is 0 Å². The fraction of sp³-hybridized carbons (Fsp3) is 0.600. The van der Waals surface area contributed by atoms with Crippen LogP contribution < -0.4 is 0 Å². The molecule has 0 fully saturated rings. The zero-order chi connectivity index (χ0) is 15.9. The number of carboxylic acids is 4. The van der Waals surface area contributed by atoms with E-state index in [2.05, 4.69) is 0 Å². The minimum atomic E-state index is -1.65. The number of carboxylic acid groups (broad SMARTS) is 4. The van der Waals surface area contributed by atoms with Crippen LogP contribution in [0, 0.1) is 0 Å². The van der Waals surface area contributed by atoms with Crippen LogP contribution in [0.1, 0.15) is 6.42 Å². The topological polar surface area (TPSA) is 169 Å². The first-order valence-electron chi connectivity index (χ1n) is 5.49. The standard InChI is InChI=1S/C10H15NO9/c12-2-1-6(10(19)20)11(3-7(13)14,4-8(15)16)5-9(17)18/h6,12H,1-5H2,(H3-,13,14,15,16,17,18,19,20)/p+1. The average molecular weight is 294 g/mol.